The highest BCUT2D eigenvalue weighted by molar-refractivity contribution is 5.31. The highest BCUT2D eigenvalue weighted by atomic mass is 16.7. The summed E-state index contributed by atoms with van der Waals surface area (Å²) in [5.41, 5.74) is 3.03. The molecule has 1 fully saturated rings. The zero-order valence-electron chi connectivity index (χ0n) is 17.2. The van der Waals surface area contributed by atoms with Crippen molar-refractivity contribution in [1.29, 1.82) is 0 Å². The lowest BCUT2D eigenvalue weighted by Crippen LogP contribution is -2.40. The van der Waals surface area contributed by atoms with Gasteiger partial charge in [0.2, 0.25) is 0 Å². The van der Waals surface area contributed by atoms with Crippen LogP contribution in [0.5, 0.6) is 0 Å². The molecule has 0 saturated carbocycles. The molecule has 0 radical (unpaired) electrons. The maximum absolute atomic E-state index is 6.72. The molecule has 0 aromatic heterocycles. The van der Waals surface area contributed by atoms with Crippen molar-refractivity contribution in [3.05, 3.63) is 133 Å². The standard InChI is InChI=1S/C28H28O2/c1-3-20-28(21-4-2,24-18-12-7-13-19-24)27-29-25(22-14-8-5-9-15-22)26(30-27)23-16-10-6-11-17-23/h3-19,25-27H,1-2,20-21H2/t25-,26-/m1/s1. The van der Waals surface area contributed by atoms with E-state index in [1.54, 1.807) is 0 Å². The first-order valence-electron chi connectivity index (χ1n) is 10.5. The Balaban J connectivity index is 1.78. The minimum Gasteiger partial charge on any atom is -0.341 e. The molecule has 0 spiro atoms. The lowest BCUT2D eigenvalue weighted by atomic mass is 9.74. The van der Waals surface area contributed by atoms with E-state index in [0.29, 0.717) is 0 Å². The van der Waals surface area contributed by atoms with Crippen molar-refractivity contribution >= 4 is 0 Å². The van der Waals surface area contributed by atoms with Crippen molar-refractivity contribution in [2.75, 3.05) is 0 Å². The molecule has 2 atom stereocenters. The van der Waals surface area contributed by atoms with Crippen molar-refractivity contribution in [1.82, 2.24) is 0 Å². The van der Waals surface area contributed by atoms with Gasteiger partial charge in [-0.1, -0.05) is 103 Å². The fraction of sp³-hybridized carbons (Fsp3) is 0.214. The van der Waals surface area contributed by atoms with E-state index >= 15 is 0 Å². The topological polar surface area (TPSA) is 18.5 Å². The molecule has 152 valence electrons. The maximum atomic E-state index is 6.72. The molecule has 0 amide bonds. The van der Waals surface area contributed by atoms with Crippen molar-refractivity contribution in [3.8, 4) is 0 Å². The van der Waals surface area contributed by atoms with Gasteiger partial charge in [0.15, 0.2) is 6.29 Å². The van der Waals surface area contributed by atoms with Crippen LogP contribution in [0.3, 0.4) is 0 Å². The van der Waals surface area contributed by atoms with E-state index in [2.05, 4.69) is 61.7 Å². The lowest BCUT2D eigenvalue weighted by Gasteiger charge is -2.37. The largest absolute Gasteiger partial charge is 0.341 e. The third-order valence-electron chi connectivity index (χ3n) is 5.89. The van der Waals surface area contributed by atoms with Crippen LogP contribution in [0.1, 0.15) is 41.7 Å². The van der Waals surface area contributed by atoms with E-state index in [9.17, 15) is 0 Å². The second-order valence-corrected chi connectivity index (χ2v) is 7.77. The average Bonchev–Trinajstić information content (AvgIpc) is 3.27. The van der Waals surface area contributed by atoms with Crippen LogP contribution in [0, 0.1) is 0 Å². The van der Waals surface area contributed by atoms with E-state index in [-0.39, 0.29) is 17.6 Å². The predicted octanol–water partition coefficient (Wildman–Crippen LogP) is 6.93. The second-order valence-electron chi connectivity index (χ2n) is 7.77. The third-order valence-corrected chi connectivity index (χ3v) is 5.89. The minimum absolute atomic E-state index is 0.184. The van der Waals surface area contributed by atoms with Gasteiger partial charge in [-0.15, -0.1) is 13.2 Å². The summed E-state index contributed by atoms with van der Waals surface area (Å²) in [5, 5.41) is 0. The van der Waals surface area contributed by atoms with Gasteiger partial charge in [0.1, 0.15) is 12.2 Å². The summed E-state index contributed by atoms with van der Waals surface area (Å²) in [7, 11) is 0. The van der Waals surface area contributed by atoms with Crippen LogP contribution in [0.25, 0.3) is 0 Å². The van der Waals surface area contributed by atoms with E-state index in [1.165, 1.54) is 5.56 Å². The van der Waals surface area contributed by atoms with E-state index in [1.807, 2.05) is 54.6 Å². The minimum atomic E-state index is -0.425. The first-order chi connectivity index (χ1) is 14.8. The smallest absolute Gasteiger partial charge is 0.169 e. The number of hydrogen-bond acceptors (Lipinski definition) is 2. The lowest BCUT2D eigenvalue weighted by molar-refractivity contribution is -0.119. The van der Waals surface area contributed by atoms with Gasteiger partial charge in [-0.25, -0.2) is 0 Å². The average molecular weight is 397 g/mol. The van der Waals surface area contributed by atoms with Gasteiger partial charge in [0, 0.05) is 0 Å². The molecule has 30 heavy (non-hydrogen) atoms. The molecule has 2 heteroatoms. The van der Waals surface area contributed by atoms with E-state index in [4.69, 9.17) is 9.47 Å². The zero-order chi connectivity index (χ0) is 20.8. The van der Waals surface area contributed by atoms with Crippen LogP contribution in [0.15, 0.2) is 116 Å². The van der Waals surface area contributed by atoms with Gasteiger partial charge < -0.3 is 9.47 Å². The van der Waals surface area contributed by atoms with Crippen molar-refractivity contribution in [3.63, 3.8) is 0 Å². The highest BCUT2D eigenvalue weighted by Crippen LogP contribution is 2.50. The normalized spacial score (nSPS) is 19.5. The molecule has 4 rings (SSSR count). The predicted molar refractivity (Wildman–Crippen MR) is 122 cm³/mol. The Kier molecular flexibility index (Phi) is 6.27. The van der Waals surface area contributed by atoms with Crippen molar-refractivity contribution in [2.24, 2.45) is 0 Å². The molecule has 1 heterocycles. The molecule has 0 bridgehead atoms. The summed E-state index contributed by atoms with van der Waals surface area (Å²) < 4.78 is 13.4. The van der Waals surface area contributed by atoms with Crippen LogP contribution in [0.4, 0.5) is 0 Å². The number of allylic oxidation sites excluding steroid dienone is 2. The summed E-state index contributed by atoms with van der Waals surface area (Å²) >= 11 is 0. The molecular formula is C28H28O2. The van der Waals surface area contributed by atoms with Crippen LogP contribution < -0.4 is 0 Å². The Morgan fingerprint density at radius 1 is 0.633 bits per heavy atom. The summed E-state index contributed by atoms with van der Waals surface area (Å²) in [5.74, 6) is 0. The van der Waals surface area contributed by atoms with Gasteiger partial charge in [-0.2, -0.15) is 0 Å². The SMILES string of the molecule is C=CCC(CC=C)(c1ccccc1)C1O[C@H](c2ccccc2)[C@@H](c2ccccc2)O1. The van der Waals surface area contributed by atoms with Crippen LogP contribution in [-0.4, -0.2) is 6.29 Å². The summed E-state index contributed by atoms with van der Waals surface area (Å²) in [4.78, 5) is 0. The Hall–Kier alpha value is -2.94. The zero-order valence-corrected chi connectivity index (χ0v) is 17.2. The Morgan fingerprint density at radius 2 is 1.03 bits per heavy atom. The van der Waals surface area contributed by atoms with Crippen LogP contribution in [-0.2, 0) is 14.9 Å². The first kappa shape index (κ1) is 20.3. The molecule has 1 saturated heterocycles. The van der Waals surface area contributed by atoms with Crippen molar-refractivity contribution in [2.45, 2.75) is 36.8 Å². The number of ether oxygens (including phenoxy) is 2. The Morgan fingerprint density at radius 3 is 1.43 bits per heavy atom. The molecule has 1 aliphatic rings. The second kappa shape index (κ2) is 9.25. The summed E-state index contributed by atoms with van der Waals surface area (Å²) in [6.45, 7) is 8.07. The van der Waals surface area contributed by atoms with Crippen LogP contribution in [0.2, 0.25) is 0 Å². The third kappa shape index (κ3) is 3.89. The fourth-order valence-electron chi connectivity index (χ4n) is 4.43. The number of rotatable bonds is 8. The van der Waals surface area contributed by atoms with Gasteiger partial charge in [0.05, 0.1) is 5.41 Å². The van der Waals surface area contributed by atoms with E-state index < -0.39 is 6.29 Å². The van der Waals surface area contributed by atoms with Crippen LogP contribution >= 0.6 is 0 Å². The van der Waals surface area contributed by atoms with Gasteiger partial charge in [-0.05, 0) is 29.5 Å². The molecule has 0 N–H and O–H groups in total. The molecular weight excluding hydrogens is 368 g/mol. The summed E-state index contributed by atoms with van der Waals surface area (Å²) in [6.07, 6.45) is 4.58. The monoisotopic (exact) mass is 396 g/mol. The fourth-order valence-corrected chi connectivity index (χ4v) is 4.43. The van der Waals surface area contributed by atoms with Gasteiger partial charge in [0.25, 0.3) is 0 Å². The molecule has 3 aromatic rings. The maximum Gasteiger partial charge on any atom is 0.169 e. The van der Waals surface area contributed by atoms with Gasteiger partial charge in [-0.3, -0.25) is 0 Å². The molecule has 2 nitrogen and oxygen atoms in total. The molecule has 3 aromatic carbocycles. The Labute approximate surface area is 179 Å². The molecule has 0 unspecified atom stereocenters. The van der Waals surface area contributed by atoms with Crippen molar-refractivity contribution < 1.29 is 9.47 Å². The highest BCUT2D eigenvalue weighted by Gasteiger charge is 2.49. The first-order valence-corrected chi connectivity index (χ1v) is 10.5. The van der Waals surface area contributed by atoms with E-state index in [0.717, 1.165) is 24.0 Å². The van der Waals surface area contributed by atoms with Gasteiger partial charge >= 0.3 is 0 Å². The molecule has 1 aliphatic heterocycles. The Bertz CT molecular complexity index is 892. The number of hydrogen-bond donors (Lipinski definition) is 0. The summed E-state index contributed by atoms with van der Waals surface area (Å²) in [6, 6.07) is 31.1. The number of benzene rings is 3. The quantitative estimate of drug-likeness (QED) is 0.384. The molecule has 0 aliphatic carbocycles.